The molecule has 0 radical (unpaired) electrons. The summed E-state index contributed by atoms with van der Waals surface area (Å²) in [5, 5.41) is 12.1. The van der Waals surface area contributed by atoms with Crippen LogP contribution in [0.1, 0.15) is 118 Å². The number of halogens is 1. The predicted octanol–water partition coefficient (Wildman–Crippen LogP) is 8.18. The van der Waals surface area contributed by atoms with E-state index < -0.39 is 56.5 Å². The molecule has 1 N–H and O–H groups in total. The van der Waals surface area contributed by atoms with Crippen molar-refractivity contribution < 1.29 is 61.7 Å². The van der Waals surface area contributed by atoms with E-state index in [1.165, 1.54) is 0 Å². The van der Waals surface area contributed by atoms with Crippen LogP contribution >= 0.6 is 22.6 Å². The van der Waals surface area contributed by atoms with Crippen LogP contribution in [0.4, 0.5) is 0 Å². The van der Waals surface area contributed by atoms with Gasteiger partial charge in [0.15, 0.2) is 19.9 Å². The smallest absolute Gasteiger partial charge is 0.308 e. The molecule has 1 spiro atoms. The number of alkyl halides is 1. The van der Waals surface area contributed by atoms with Crippen LogP contribution in [0, 0.1) is 11.8 Å². The van der Waals surface area contributed by atoms with Crippen molar-refractivity contribution >= 4 is 36.9 Å². The lowest BCUT2D eigenvalue weighted by molar-refractivity contribution is -0.293. The van der Waals surface area contributed by atoms with Gasteiger partial charge in [0.2, 0.25) is 0 Å². The molecule has 10 bridgehead atoms. The van der Waals surface area contributed by atoms with Crippen molar-refractivity contribution in [1.82, 2.24) is 0 Å². The Labute approximate surface area is 401 Å². The maximum atomic E-state index is 14.4. The third-order valence-electron chi connectivity index (χ3n) is 17.0. The molecule has 9 aliphatic heterocycles. The Morgan fingerprint density at radius 2 is 1.49 bits per heavy atom. The van der Waals surface area contributed by atoms with E-state index in [1.807, 2.05) is 0 Å². The van der Waals surface area contributed by atoms with Crippen LogP contribution in [-0.4, -0.2) is 140 Å². The monoisotopic (exact) mass is 1040 g/mol. The lowest BCUT2D eigenvalue weighted by Crippen LogP contribution is -2.63. The molecule has 65 heavy (non-hydrogen) atoms. The second kappa shape index (κ2) is 20.1. The molecule has 20 atom stereocenters. The highest BCUT2D eigenvalue weighted by Crippen LogP contribution is 2.53. The largest absolute Gasteiger partial charge is 0.459 e. The third-order valence-corrected chi connectivity index (χ3v) is 22.5. The average molecular weight is 1040 g/mol. The van der Waals surface area contributed by atoms with Gasteiger partial charge >= 0.3 is 5.97 Å². The van der Waals surface area contributed by atoms with Crippen LogP contribution in [0.25, 0.3) is 0 Å². The molecule has 0 aromatic rings. The fourth-order valence-electron chi connectivity index (χ4n) is 13.0. The first-order chi connectivity index (χ1) is 31.2. The second-order valence-electron chi connectivity index (χ2n) is 21.1. The number of fused-ring (bicyclic) bond motifs is 10. The summed E-state index contributed by atoms with van der Waals surface area (Å²) in [4.78, 5) is 14.4. The standard InChI is InChI=1S/C50H77IO13Si/c1-9-19-54-50(53)27-49-18-17-34-21-29(6)35(55-34)15-13-32-20-28(5)30(7)37(56-32)23-39-46(31(8)45-40(59-39)24-38(43(26-51)60-45)64-65(10-2,11-3)12-4)61-44(52)22-33-14-16-36-47(57-33)41(62-49)25-42(58-36)48(50)63-49/h9,28,31-43,45-48,53H,1,6-7,10-27H2,2-5,8H3/t28-,31+,32+,33?,34?,35+,36?,37?,38-,39?,40+,41-,42-,43-,45+,46-,47+,48?,49-,50?/m1/s1. The van der Waals surface area contributed by atoms with E-state index in [1.54, 1.807) is 6.08 Å². The maximum Gasteiger partial charge on any atom is 0.308 e. The van der Waals surface area contributed by atoms with Crippen molar-refractivity contribution in [1.29, 1.82) is 0 Å². The second-order valence-corrected chi connectivity index (χ2v) is 26.7. The molecule has 0 amide bonds. The lowest BCUT2D eigenvalue weighted by atomic mass is 9.79. The molecule has 9 fully saturated rings. The molecular weight excluding hydrogens is 964 g/mol. The quantitative estimate of drug-likeness (QED) is 0.0594. The van der Waals surface area contributed by atoms with Gasteiger partial charge in [-0.25, -0.2) is 0 Å². The van der Waals surface area contributed by atoms with Gasteiger partial charge in [-0.2, -0.15) is 0 Å². The zero-order valence-corrected chi connectivity index (χ0v) is 42.7. The highest BCUT2D eigenvalue weighted by molar-refractivity contribution is 14.1. The van der Waals surface area contributed by atoms with Crippen LogP contribution in [0.2, 0.25) is 18.1 Å². The van der Waals surface area contributed by atoms with Crippen molar-refractivity contribution in [3.63, 3.8) is 0 Å². The van der Waals surface area contributed by atoms with Gasteiger partial charge in [-0.15, -0.1) is 6.58 Å². The average Bonchev–Trinajstić information content (AvgIpc) is 3.76. The first-order valence-electron chi connectivity index (χ1n) is 25.3. The SMILES string of the molecule is C=CCOC1(O)C[C@]23CCC4CC(=C)[C@H](CC[C@H]5C[C@@H](C)C(=C)C(CC6O[C@H]7C[C@@H](O[Si](CC)(CC)CC)[C@@H](CI)O[C@H]7[C@H](C)[C@H]6OC(=O)CC6CCC7O[C@H](C[C@@H](O2)[C@H]7O6)C1O3)O5)O4. The van der Waals surface area contributed by atoms with Gasteiger partial charge in [-0.05, 0) is 80.1 Å². The van der Waals surface area contributed by atoms with Crippen molar-refractivity contribution in [2.45, 2.75) is 245 Å². The van der Waals surface area contributed by atoms with Crippen LogP contribution in [-0.2, 0) is 56.6 Å². The Bertz CT molecular complexity index is 1720. The number of hydrogen-bond acceptors (Lipinski definition) is 13. The number of carbonyl (C=O) groups excluding carboxylic acids is 1. The van der Waals surface area contributed by atoms with E-state index in [4.69, 9.17) is 51.8 Å². The van der Waals surface area contributed by atoms with Crippen LogP contribution in [0.3, 0.4) is 0 Å². The molecule has 9 rings (SSSR count). The fraction of sp³-hybridized carbons (Fsp3) is 0.860. The summed E-state index contributed by atoms with van der Waals surface area (Å²) in [6.07, 6.45) is 4.41. The van der Waals surface area contributed by atoms with Gasteiger partial charge in [0.05, 0.1) is 98.8 Å². The van der Waals surface area contributed by atoms with Crippen molar-refractivity contribution in [2.75, 3.05) is 11.0 Å². The third kappa shape index (κ3) is 9.95. The van der Waals surface area contributed by atoms with Crippen molar-refractivity contribution in [3.05, 3.63) is 37.0 Å². The minimum Gasteiger partial charge on any atom is -0.459 e. The summed E-state index contributed by atoms with van der Waals surface area (Å²) in [5.41, 5.74) is 2.14. The normalized spacial score (nSPS) is 48.1. The number of aliphatic hydroxyl groups is 1. The van der Waals surface area contributed by atoms with Gasteiger partial charge in [-0.1, -0.05) is 76.4 Å². The molecule has 15 heteroatoms. The Morgan fingerprint density at radius 1 is 0.769 bits per heavy atom. The van der Waals surface area contributed by atoms with E-state index in [-0.39, 0.29) is 98.3 Å². The van der Waals surface area contributed by atoms with Crippen molar-refractivity contribution in [2.24, 2.45) is 11.8 Å². The molecule has 0 aliphatic carbocycles. The van der Waals surface area contributed by atoms with E-state index in [0.29, 0.717) is 38.5 Å². The number of hydrogen-bond donors (Lipinski definition) is 1. The Balaban J connectivity index is 0.992. The fourth-order valence-corrected chi connectivity index (χ4v) is 16.7. The molecule has 9 aliphatic rings. The van der Waals surface area contributed by atoms with Gasteiger partial charge in [0, 0.05) is 36.0 Å². The van der Waals surface area contributed by atoms with E-state index in [9.17, 15) is 9.90 Å². The topological polar surface area (TPSA) is 139 Å². The van der Waals surface area contributed by atoms with Gasteiger partial charge in [0.25, 0.3) is 0 Å². The summed E-state index contributed by atoms with van der Waals surface area (Å²) in [7, 11) is -1.94. The van der Waals surface area contributed by atoms with E-state index in [2.05, 4.69) is 76.9 Å². The molecule has 0 aromatic heterocycles. The molecule has 0 saturated carbocycles. The van der Waals surface area contributed by atoms with Gasteiger partial charge < -0.3 is 56.9 Å². The minimum absolute atomic E-state index is 0.00358. The van der Waals surface area contributed by atoms with Crippen molar-refractivity contribution in [3.8, 4) is 0 Å². The van der Waals surface area contributed by atoms with Crippen LogP contribution < -0.4 is 0 Å². The van der Waals surface area contributed by atoms with E-state index >= 15 is 0 Å². The Kier molecular flexibility index (Phi) is 15.2. The Morgan fingerprint density at radius 3 is 2.25 bits per heavy atom. The number of rotatable bonds is 9. The summed E-state index contributed by atoms with van der Waals surface area (Å²) in [5.74, 6) is -3.00. The van der Waals surface area contributed by atoms with E-state index in [0.717, 1.165) is 65.8 Å². The highest BCUT2D eigenvalue weighted by atomic mass is 127. The number of carbonyl (C=O) groups is 1. The molecule has 366 valence electrons. The predicted molar refractivity (Wildman–Crippen MR) is 253 cm³/mol. The molecule has 7 unspecified atom stereocenters. The molecule has 13 nitrogen and oxygen atoms in total. The van der Waals surface area contributed by atoms with Crippen LogP contribution in [0.5, 0.6) is 0 Å². The zero-order valence-electron chi connectivity index (χ0n) is 39.5. The van der Waals surface area contributed by atoms with Gasteiger partial charge in [-0.3, -0.25) is 4.79 Å². The first-order valence-corrected chi connectivity index (χ1v) is 29.3. The molecular formula is C50H77IO13Si. The summed E-state index contributed by atoms with van der Waals surface area (Å²) in [6.45, 7) is 24.2. The minimum atomic E-state index is -1.94. The summed E-state index contributed by atoms with van der Waals surface area (Å²) >= 11 is 2.43. The van der Waals surface area contributed by atoms with Crippen LogP contribution in [0.15, 0.2) is 37.0 Å². The highest BCUT2D eigenvalue weighted by Gasteiger charge is 2.66. The lowest BCUT2D eigenvalue weighted by Gasteiger charge is -2.52. The number of ether oxygens (including phenoxy) is 10. The van der Waals surface area contributed by atoms with Gasteiger partial charge in [0.1, 0.15) is 18.3 Å². The summed E-state index contributed by atoms with van der Waals surface area (Å²) in [6, 6.07) is 3.20. The first kappa shape index (κ1) is 49.2. The maximum absolute atomic E-state index is 14.4. The Hall–Kier alpha value is -0.803. The zero-order chi connectivity index (χ0) is 45.8. The molecule has 0 aromatic carbocycles. The number of esters is 1. The molecule has 9 saturated heterocycles. The molecule has 9 heterocycles. The summed E-state index contributed by atoms with van der Waals surface area (Å²) < 4.78 is 75.9.